The first kappa shape index (κ1) is 12.9. The Bertz CT molecular complexity index is 502. The molecule has 0 aliphatic heterocycles. The van der Waals surface area contributed by atoms with E-state index in [9.17, 15) is 9.90 Å². The maximum absolute atomic E-state index is 11.3. The van der Waals surface area contributed by atoms with E-state index < -0.39 is 11.9 Å². The zero-order chi connectivity index (χ0) is 13.1. The summed E-state index contributed by atoms with van der Waals surface area (Å²) < 4.78 is 0. The Labute approximate surface area is 115 Å². The summed E-state index contributed by atoms with van der Waals surface area (Å²) in [5.74, 6) is -1.97. The fraction of sp³-hybridized carbons (Fsp3) is 0.0714. The van der Waals surface area contributed by atoms with Gasteiger partial charge in [0.05, 0.1) is 5.97 Å². The molecule has 2 nitrogen and oxygen atoms in total. The van der Waals surface area contributed by atoms with Crippen LogP contribution in [0.25, 0.3) is 0 Å². The van der Waals surface area contributed by atoms with Gasteiger partial charge in [0.1, 0.15) is 0 Å². The van der Waals surface area contributed by atoms with Gasteiger partial charge in [-0.2, -0.15) is 0 Å². The highest BCUT2D eigenvalue weighted by atomic mass is 35.5. The number of rotatable bonds is 3. The summed E-state index contributed by atoms with van der Waals surface area (Å²) in [5, 5.41) is 12.4. The zero-order valence-electron chi connectivity index (χ0n) is 9.27. The van der Waals surface area contributed by atoms with Gasteiger partial charge in [0.25, 0.3) is 0 Å². The molecule has 0 heterocycles. The molecule has 0 saturated heterocycles. The average Bonchev–Trinajstić information content (AvgIpc) is 2.34. The molecule has 0 saturated carbocycles. The summed E-state index contributed by atoms with van der Waals surface area (Å²) in [4.78, 5) is 11.3. The molecular weight excluding hydrogens is 271 g/mol. The summed E-state index contributed by atoms with van der Waals surface area (Å²) in [6, 6.07) is 13.3. The summed E-state index contributed by atoms with van der Waals surface area (Å²) in [6.07, 6.45) is 0. The monoisotopic (exact) mass is 279 g/mol. The first-order chi connectivity index (χ1) is 8.58. The number of benzene rings is 2. The Morgan fingerprint density at radius 1 is 0.833 bits per heavy atom. The van der Waals surface area contributed by atoms with E-state index in [1.165, 1.54) is 0 Å². The molecule has 2 rings (SSSR count). The van der Waals surface area contributed by atoms with Crippen LogP contribution >= 0.6 is 23.2 Å². The van der Waals surface area contributed by atoms with E-state index in [4.69, 9.17) is 23.2 Å². The molecule has 0 amide bonds. The van der Waals surface area contributed by atoms with Crippen molar-refractivity contribution < 1.29 is 9.90 Å². The van der Waals surface area contributed by atoms with Crippen molar-refractivity contribution in [3.63, 3.8) is 0 Å². The van der Waals surface area contributed by atoms with Crippen molar-refractivity contribution in [2.75, 3.05) is 0 Å². The maximum Gasteiger partial charge on any atom is 0.0533 e. The second kappa shape index (κ2) is 5.42. The van der Waals surface area contributed by atoms with Crippen molar-refractivity contribution in [3.8, 4) is 0 Å². The fourth-order valence-corrected chi connectivity index (χ4v) is 2.03. The zero-order valence-corrected chi connectivity index (χ0v) is 10.8. The van der Waals surface area contributed by atoms with Gasteiger partial charge in [-0.3, -0.25) is 0 Å². The quantitative estimate of drug-likeness (QED) is 0.867. The SMILES string of the molecule is O=C([O-])C(c1ccc(Cl)cc1)c1ccc(Cl)cc1. The highest BCUT2D eigenvalue weighted by molar-refractivity contribution is 6.30. The van der Waals surface area contributed by atoms with Crippen LogP contribution in [0.15, 0.2) is 48.5 Å². The van der Waals surface area contributed by atoms with Crippen molar-refractivity contribution in [1.29, 1.82) is 0 Å². The van der Waals surface area contributed by atoms with Gasteiger partial charge in [-0.1, -0.05) is 47.5 Å². The van der Waals surface area contributed by atoms with E-state index in [1.54, 1.807) is 48.5 Å². The third kappa shape index (κ3) is 2.84. The average molecular weight is 280 g/mol. The van der Waals surface area contributed by atoms with Gasteiger partial charge in [-0.05, 0) is 35.4 Å². The Kier molecular flexibility index (Phi) is 3.90. The predicted molar refractivity (Wildman–Crippen MR) is 69.8 cm³/mol. The molecule has 0 aliphatic carbocycles. The van der Waals surface area contributed by atoms with Crippen molar-refractivity contribution in [3.05, 3.63) is 69.7 Å². The Morgan fingerprint density at radius 2 is 1.17 bits per heavy atom. The topological polar surface area (TPSA) is 40.1 Å². The number of hydrogen-bond acceptors (Lipinski definition) is 2. The molecule has 0 aliphatic rings. The molecule has 0 aromatic heterocycles. The summed E-state index contributed by atoms with van der Waals surface area (Å²) in [7, 11) is 0. The predicted octanol–water partition coefficient (Wildman–Crippen LogP) is 2.88. The van der Waals surface area contributed by atoms with Gasteiger partial charge in [0.2, 0.25) is 0 Å². The van der Waals surface area contributed by atoms with E-state index in [0.717, 1.165) is 0 Å². The fourth-order valence-electron chi connectivity index (χ4n) is 1.78. The van der Waals surface area contributed by atoms with Gasteiger partial charge < -0.3 is 9.90 Å². The molecule has 18 heavy (non-hydrogen) atoms. The molecule has 92 valence electrons. The maximum atomic E-state index is 11.3. The van der Waals surface area contributed by atoms with Crippen molar-refractivity contribution >= 4 is 29.2 Å². The molecule has 0 bridgehead atoms. The number of hydrogen-bond donors (Lipinski definition) is 0. The van der Waals surface area contributed by atoms with Gasteiger partial charge >= 0.3 is 0 Å². The number of carboxylic acid groups (broad SMARTS) is 1. The van der Waals surface area contributed by atoms with Gasteiger partial charge in [0, 0.05) is 16.0 Å². The Balaban J connectivity index is 2.43. The highest BCUT2D eigenvalue weighted by Gasteiger charge is 2.15. The van der Waals surface area contributed by atoms with Crippen LogP contribution in [-0.4, -0.2) is 5.97 Å². The molecule has 4 heteroatoms. The van der Waals surface area contributed by atoms with E-state index in [2.05, 4.69) is 0 Å². The van der Waals surface area contributed by atoms with Crippen LogP contribution in [0, 0.1) is 0 Å². The first-order valence-electron chi connectivity index (χ1n) is 5.29. The number of carbonyl (C=O) groups is 1. The lowest BCUT2D eigenvalue weighted by atomic mass is 9.91. The molecular formula is C14H9Cl2O2-. The van der Waals surface area contributed by atoms with Gasteiger partial charge in [-0.15, -0.1) is 0 Å². The minimum absolute atomic E-state index is 0.562. The van der Waals surface area contributed by atoms with Crippen LogP contribution in [-0.2, 0) is 4.79 Å². The molecule has 0 spiro atoms. The third-order valence-electron chi connectivity index (χ3n) is 2.64. The number of halogens is 2. The smallest absolute Gasteiger partial charge is 0.0533 e. The van der Waals surface area contributed by atoms with E-state index in [0.29, 0.717) is 21.2 Å². The van der Waals surface area contributed by atoms with Crippen LogP contribution in [0.1, 0.15) is 17.0 Å². The minimum Gasteiger partial charge on any atom is -0.549 e. The van der Waals surface area contributed by atoms with Crippen LogP contribution in [0.2, 0.25) is 10.0 Å². The van der Waals surface area contributed by atoms with E-state index in [1.807, 2.05) is 0 Å². The van der Waals surface area contributed by atoms with E-state index in [-0.39, 0.29) is 0 Å². The summed E-state index contributed by atoms with van der Waals surface area (Å²) in [5.41, 5.74) is 1.25. The van der Waals surface area contributed by atoms with Crippen LogP contribution < -0.4 is 5.11 Å². The molecule has 2 aromatic rings. The number of aliphatic carboxylic acids is 1. The normalized spacial score (nSPS) is 10.6. The molecule has 2 aromatic carbocycles. The van der Waals surface area contributed by atoms with Gasteiger partial charge in [0.15, 0.2) is 0 Å². The lowest BCUT2D eigenvalue weighted by Gasteiger charge is -2.19. The molecule has 0 N–H and O–H groups in total. The van der Waals surface area contributed by atoms with Gasteiger partial charge in [-0.25, -0.2) is 0 Å². The largest absolute Gasteiger partial charge is 0.549 e. The Hall–Kier alpha value is -1.51. The lowest BCUT2D eigenvalue weighted by molar-refractivity contribution is -0.306. The van der Waals surface area contributed by atoms with Crippen LogP contribution in [0.5, 0.6) is 0 Å². The first-order valence-corrected chi connectivity index (χ1v) is 6.05. The summed E-state index contributed by atoms with van der Waals surface area (Å²) >= 11 is 11.6. The molecule has 0 unspecified atom stereocenters. The Morgan fingerprint density at radius 3 is 1.44 bits per heavy atom. The van der Waals surface area contributed by atoms with Crippen LogP contribution in [0.3, 0.4) is 0 Å². The number of carbonyl (C=O) groups excluding carboxylic acids is 1. The minimum atomic E-state index is -1.15. The molecule has 0 radical (unpaired) electrons. The number of carboxylic acids is 1. The lowest BCUT2D eigenvalue weighted by Crippen LogP contribution is -2.30. The standard InChI is InChI=1S/C14H10Cl2O2/c15-11-5-1-9(2-6-11)13(14(17)18)10-3-7-12(16)8-4-10/h1-8,13H,(H,17,18)/p-1. The second-order valence-corrected chi connectivity index (χ2v) is 4.73. The second-order valence-electron chi connectivity index (χ2n) is 3.86. The summed E-state index contributed by atoms with van der Waals surface area (Å²) in [6.45, 7) is 0. The highest BCUT2D eigenvalue weighted by Crippen LogP contribution is 2.26. The van der Waals surface area contributed by atoms with Crippen molar-refractivity contribution in [2.45, 2.75) is 5.92 Å². The molecule has 0 atom stereocenters. The van der Waals surface area contributed by atoms with Crippen LogP contribution in [0.4, 0.5) is 0 Å². The van der Waals surface area contributed by atoms with Crippen molar-refractivity contribution in [2.24, 2.45) is 0 Å². The third-order valence-corrected chi connectivity index (χ3v) is 3.15. The van der Waals surface area contributed by atoms with Crippen molar-refractivity contribution in [1.82, 2.24) is 0 Å². The molecule has 0 fully saturated rings. The van der Waals surface area contributed by atoms with E-state index >= 15 is 0 Å².